The van der Waals surface area contributed by atoms with Gasteiger partial charge in [-0.2, -0.15) is 5.26 Å². The smallest absolute Gasteiger partial charge is 0.119 e. The van der Waals surface area contributed by atoms with Crippen LogP contribution in [-0.4, -0.2) is 6.61 Å². The Morgan fingerprint density at radius 3 is 2.75 bits per heavy atom. The molecule has 0 atom stereocenters. The van der Waals surface area contributed by atoms with Gasteiger partial charge in [-0.3, -0.25) is 0 Å². The minimum Gasteiger partial charge on any atom is -0.494 e. The highest BCUT2D eigenvalue weighted by Gasteiger charge is 2.15. The number of hydrogen-bond acceptors (Lipinski definition) is 2. The van der Waals surface area contributed by atoms with Crippen molar-refractivity contribution in [1.29, 1.82) is 5.26 Å². The summed E-state index contributed by atoms with van der Waals surface area (Å²) in [5.74, 6) is 0.912. The maximum atomic E-state index is 8.86. The number of ether oxygens (including phenoxy) is 1. The highest BCUT2D eigenvalue weighted by Crippen LogP contribution is 2.21. The molecule has 0 aliphatic heterocycles. The zero-order chi connectivity index (χ0) is 12.0. The molecule has 0 fully saturated rings. The summed E-state index contributed by atoms with van der Waals surface area (Å²) >= 11 is 0. The summed E-state index contributed by atoms with van der Waals surface area (Å²) in [5, 5.41) is 8.86. The first kappa shape index (κ1) is 12.6. The number of benzene rings is 1. The SMILES string of the molecule is Cc1cccc(OCCCC(C)(C)C#N)c1. The van der Waals surface area contributed by atoms with Crippen LogP contribution >= 0.6 is 0 Å². The summed E-state index contributed by atoms with van der Waals surface area (Å²) < 4.78 is 5.62. The second-order valence-electron chi connectivity index (χ2n) is 4.76. The zero-order valence-corrected chi connectivity index (χ0v) is 10.3. The van der Waals surface area contributed by atoms with Gasteiger partial charge in [0.2, 0.25) is 0 Å². The molecule has 0 saturated heterocycles. The number of nitriles is 1. The predicted molar refractivity (Wildman–Crippen MR) is 65.3 cm³/mol. The van der Waals surface area contributed by atoms with Gasteiger partial charge < -0.3 is 4.74 Å². The lowest BCUT2D eigenvalue weighted by molar-refractivity contribution is 0.284. The van der Waals surface area contributed by atoms with Crippen molar-refractivity contribution in [3.05, 3.63) is 29.8 Å². The molecule has 0 aliphatic carbocycles. The average Bonchev–Trinajstić information content (AvgIpc) is 2.25. The first-order chi connectivity index (χ1) is 7.53. The average molecular weight is 217 g/mol. The summed E-state index contributed by atoms with van der Waals surface area (Å²) in [5.41, 5.74) is 0.963. The molecular formula is C14H19NO. The second kappa shape index (κ2) is 5.55. The van der Waals surface area contributed by atoms with Crippen LogP contribution in [0.15, 0.2) is 24.3 Å². The number of nitrogens with zero attached hydrogens (tertiary/aromatic N) is 1. The molecule has 1 rings (SSSR count). The van der Waals surface area contributed by atoms with Gasteiger partial charge in [0, 0.05) is 0 Å². The molecule has 2 nitrogen and oxygen atoms in total. The van der Waals surface area contributed by atoms with Gasteiger partial charge in [-0.25, -0.2) is 0 Å². The molecule has 0 spiro atoms. The van der Waals surface area contributed by atoms with Crippen molar-refractivity contribution >= 4 is 0 Å². The van der Waals surface area contributed by atoms with E-state index < -0.39 is 0 Å². The van der Waals surface area contributed by atoms with Crippen LogP contribution < -0.4 is 4.74 Å². The quantitative estimate of drug-likeness (QED) is 0.704. The third-order valence-corrected chi connectivity index (χ3v) is 2.51. The molecule has 0 aliphatic rings. The standard InChI is InChI=1S/C14H19NO/c1-12-6-4-7-13(10-12)16-9-5-8-14(2,3)11-15/h4,6-7,10H,5,8-9H2,1-3H3. The van der Waals surface area contributed by atoms with E-state index in [1.54, 1.807) is 0 Å². The van der Waals surface area contributed by atoms with E-state index in [4.69, 9.17) is 10.00 Å². The lowest BCUT2D eigenvalue weighted by Gasteiger charge is -2.14. The predicted octanol–water partition coefficient (Wildman–Crippen LogP) is 3.70. The summed E-state index contributed by atoms with van der Waals surface area (Å²) in [4.78, 5) is 0. The van der Waals surface area contributed by atoms with Crippen LogP contribution in [0.4, 0.5) is 0 Å². The Morgan fingerprint density at radius 2 is 2.12 bits per heavy atom. The van der Waals surface area contributed by atoms with Gasteiger partial charge in [0.05, 0.1) is 18.1 Å². The molecule has 86 valence electrons. The molecule has 2 heteroatoms. The molecule has 0 radical (unpaired) electrons. The fourth-order valence-electron chi connectivity index (χ4n) is 1.47. The highest BCUT2D eigenvalue weighted by molar-refractivity contribution is 5.27. The topological polar surface area (TPSA) is 33.0 Å². The van der Waals surface area contributed by atoms with E-state index in [0.29, 0.717) is 6.61 Å². The lowest BCUT2D eigenvalue weighted by Crippen LogP contribution is -2.10. The van der Waals surface area contributed by atoms with Crippen LogP contribution in [0.25, 0.3) is 0 Å². The van der Waals surface area contributed by atoms with Crippen molar-refractivity contribution in [2.75, 3.05) is 6.61 Å². The third-order valence-electron chi connectivity index (χ3n) is 2.51. The normalized spacial score (nSPS) is 10.9. The molecule has 0 saturated carbocycles. The summed E-state index contributed by atoms with van der Waals surface area (Å²) in [6, 6.07) is 10.3. The fraction of sp³-hybridized carbons (Fsp3) is 0.500. The minimum atomic E-state index is -0.240. The number of hydrogen-bond donors (Lipinski definition) is 0. The first-order valence-corrected chi connectivity index (χ1v) is 5.64. The Bertz CT molecular complexity index is 377. The van der Waals surface area contributed by atoms with E-state index in [2.05, 4.69) is 6.07 Å². The zero-order valence-electron chi connectivity index (χ0n) is 10.3. The molecule has 1 aromatic rings. The van der Waals surface area contributed by atoms with Crippen LogP contribution in [0.1, 0.15) is 32.3 Å². The van der Waals surface area contributed by atoms with Gasteiger partial charge in [-0.05, 0) is 51.3 Å². The fourth-order valence-corrected chi connectivity index (χ4v) is 1.47. The van der Waals surface area contributed by atoms with Crippen molar-refractivity contribution in [1.82, 2.24) is 0 Å². The molecule has 0 bridgehead atoms. The Labute approximate surface area is 97.9 Å². The summed E-state index contributed by atoms with van der Waals surface area (Å²) in [6.07, 6.45) is 1.78. The van der Waals surface area contributed by atoms with Crippen LogP contribution in [0.3, 0.4) is 0 Å². The highest BCUT2D eigenvalue weighted by atomic mass is 16.5. The van der Waals surface area contributed by atoms with Crippen molar-refractivity contribution in [2.45, 2.75) is 33.6 Å². The Morgan fingerprint density at radius 1 is 1.38 bits per heavy atom. The van der Waals surface area contributed by atoms with Gasteiger partial charge in [0.25, 0.3) is 0 Å². The summed E-state index contributed by atoms with van der Waals surface area (Å²) in [6.45, 7) is 6.64. The maximum absolute atomic E-state index is 8.86. The first-order valence-electron chi connectivity index (χ1n) is 5.64. The maximum Gasteiger partial charge on any atom is 0.119 e. The Balaban J connectivity index is 2.29. The van der Waals surface area contributed by atoms with E-state index in [1.165, 1.54) is 5.56 Å². The van der Waals surface area contributed by atoms with Crippen LogP contribution in [0.2, 0.25) is 0 Å². The van der Waals surface area contributed by atoms with Gasteiger partial charge in [-0.15, -0.1) is 0 Å². The second-order valence-corrected chi connectivity index (χ2v) is 4.76. The van der Waals surface area contributed by atoms with E-state index >= 15 is 0 Å². The van der Waals surface area contributed by atoms with Crippen molar-refractivity contribution in [3.63, 3.8) is 0 Å². The van der Waals surface area contributed by atoms with Crippen LogP contribution in [0, 0.1) is 23.7 Å². The van der Waals surface area contributed by atoms with Crippen LogP contribution in [0.5, 0.6) is 5.75 Å². The van der Waals surface area contributed by atoms with Crippen molar-refractivity contribution in [3.8, 4) is 11.8 Å². The molecule has 16 heavy (non-hydrogen) atoms. The van der Waals surface area contributed by atoms with Gasteiger partial charge >= 0.3 is 0 Å². The molecule has 1 aromatic carbocycles. The number of rotatable bonds is 5. The summed E-state index contributed by atoms with van der Waals surface area (Å²) in [7, 11) is 0. The van der Waals surface area contributed by atoms with Gasteiger partial charge in [0.15, 0.2) is 0 Å². The Kier molecular flexibility index (Phi) is 4.37. The van der Waals surface area contributed by atoms with Crippen molar-refractivity contribution in [2.24, 2.45) is 5.41 Å². The van der Waals surface area contributed by atoms with Crippen molar-refractivity contribution < 1.29 is 4.74 Å². The monoisotopic (exact) mass is 217 g/mol. The van der Waals surface area contributed by atoms with E-state index in [1.807, 2.05) is 45.0 Å². The van der Waals surface area contributed by atoms with Gasteiger partial charge in [0.1, 0.15) is 5.75 Å². The molecular weight excluding hydrogens is 198 g/mol. The van der Waals surface area contributed by atoms with Crippen LogP contribution in [-0.2, 0) is 0 Å². The minimum absolute atomic E-state index is 0.240. The van der Waals surface area contributed by atoms with E-state index in [-0.39, 0.29) is 5.41 Å². The van der Waals surface area contributed by atoms with E-state index in [0.717, 1.165) is 18.6 Å². The molecule has 0 amide bonds. The lowest BCUT2D eigenvalue weighted by atomic mass is 9.90. The molecule has 0 N–H and O–H groups in total. The van der Waals surface area contributed by atoms with Gasteiger partial charge in [-0.1, -0.05) is 12.1 Å². The molecule has 0 unspecified atom stereocenters. The molecule has 0 aromatic heterocycles. The largest absolute Gasteiger partial charge is 0.494 e. The number of aryl methyl sites for hydroxylation is 1. The van der Waals surface area contributed by atoms with E-state index in [9.17, 15) is 0 Å². The third kappa shape index (κ3) is 4.35. The molecule has 0 heterocycles. The Hall–Kier alpha value is -1.49.